The Hall–Kier alpha value is -3.41. The van der Waals surface area contributed by atoms with Gasteiger partial charge in [0, 0.05) is 41.9 Å². The Labute approximate surface area is 157 Å². The number of hydrogen-bond acceptors (Lipinski definition) is 3. The van der Waals surface area contributed by atoms with Crippen LogP contribution >= 0.6 is 0 Å². The Morgan fingerprint density at radius 2 is 1.89 bits per heavy atom. The number of carbonyl (C=O) groups is 1. The first-order valence-corrected chi connectivity index (χ1v) is 8.84. The van der Waals surface area contributed by atoms with E-state index in [-0.39, 0.29) is 5.91 Å². The third-order valence-electron chi connectivity index (χ3n) is 4.82. The number of anilines is 1. The molecule has 0 atom stereocenters. The summed E-state index contributed by atoms with van der Waals surface area (Å²) in [4.78, 5) is 17.0. The molecule has 0 saturated carbocycles. The molecule has 1 N–H and O–H groups in total. The van der Waals surface area contributed by atoms with Gasteiger partial charge in [-0.15, -0.1) is 0 Å². The lowest BCUT2D eigenvalue weighted by Gasteiger charge is -2.06. The zero-order valence-electron chi connectivity index (χ0n) is 15.6. The average Bonchev–Trinajstić information content (AvgIpc) is 3.19. The molecule has 6 heteroatoms. The van der Waals surface area contributed by atoms with Gasteiger partial charge in [-0.3, -0.25) is 9.48 Å². The first-order valence-electron chi connectivity index (χ1n) is 8.84. The van der Waals surface area contributed by atoms with Crippen LogP contribution in [0.25, 0.3) is 16.9 Å². The molecule has 0 unspecified atom stereocenters. The van der Waals surface area contributed by atoms with Gasteiger partial charge in [-0.1, -0.05) is 18.2 Å². The van der Waals surface area contributed by atoms with Crippen molar-refractivity contribution in [3.8, 4) is 11.3 Å². The largest absolute Gasteiger partial charge is 0.326 e. The Morgan fingerprint density at radius 1 is 1.11 bits per heavy atom. The van der Waals surface area contributed by atoms with Crippen LogP contribution in [0.2, 0.25) is 0 Å². The normalized spacial score (nSPS) is 11.1. The highest BCUT2D eigenvalue weighted by molar-refractivity contribution is 5.92. The van der Waals surface area contributed by atoms with E-state index in [0.717, 1.165) is 39.5 Å². The molecule has 0 aliphatic rings. The Balaban J connectivity index is 1.48. The van der Waals surface area contributed by atoms with Crippen molar-refractivity contribution in [2.75, 3.05) is 5.32 Å². The van der Waals surface area contributed by atoms with Crippen molar-refractivity contribution in [2.45, 2.75) is 20.3 Å². The lowest BCUT2D eigenvalue weighted by Crippen LogP contribution is -2.15. The van der Waals surface area contributed by atoms with Crippen molar-refractivity contribution in [1.82, 2.24) is 19.2 Å². The van der Waals surface area contributed by atoms with Gasteiger partial charge in [0.15, 0.2) is 0 Å². The number of carbonyl (C=O) groups excluding carboxylic acids is 1. The van der Waals surface area contributed by atoms with Gasteiger partial charge in [0.25, 0.3) is 0 Å². The summed E-state index contributed by atoms with van der Waals surface area (Å²) in [5.74, 6) is -0.0466. The summed E-state index contributed by atoms with van der Waals surface area (Å²) in [6.07, 6.45) is 4.29. The number of aryl methyl sites for hydroxylation is 2. The second-order valence-corrected chi connectivity index (χ2v) is 6.67. The van der Waals surface area contributed by atoms with E-state index in [1.54, 1.807) is 0 Å². The van der Waals surface area contributed by atoms with Crippen molar-refractivity contribution in [1.29, 1.82) is 0 Å². The quantitative estimate of drug-likeness (QED) is 0.606. The summed E-state index contributed by atoms with van der Waals surface area (Å²) in [7, 11) is 1.89. The maximum atomic E-state index is 12.4. The van der Waals surface area contributed by atoms with Crippen LogP contribution < -0.4 is 5.32 Å². The molecule has 4 aromatic rings. The zero-order chi connectivity index (χ0) is 19.0. The average molecular weight is 359 g/mol. The molecule has 0 spiro atoms. The maximum Gasteiger partial charge on any atom is 0.228 e. The Morgan fingerprint density at radius 3 is 2.56 bits per heavy atom. The van der Waals surface area contributed by atoms with Gasteiger partial charge in [0.1, 0.15) is 5.65 Å². The molecule has 1 aromatic carbocycles. The molecular weight excluding hydrogens is 338 g/mol. The predicted molar refractivity (Wildman–Crippen MR) is 106 cm³/mol. The number of benzene rings is 1. The summed E-state index contributed by atoms with van der Waals surface area (Å²) in [5, 5.41) is 7.32. The summed E-state index contributed by atoms with van der Waals surface area (Å²) in [6.45, 7) is 3.91. The molecule has 0 fully saturated rings. The number of imidazole rings is 1. The maximum absolute atomic E-state index is 12.4. The molecule has 3 heterocycles. The van der Waals surface area contributed by atoms with Crippen molar-refractivity contribution < 1.29 is 4.79 Å². The van der Waals surface area contributed by atoms with E-state index in [4.69, 9.17) is 0 Å². The van der Waals surface area contributed by atoms with Gasteiger partial charge in [-0.05, 0) is 38.1 Å². The van der Waals surface area contributed by atoms with Gasteiger partial charge in [-0.2, -0.15) is 5.10 Å². The van der Waals surface area contributed by atoms with E-state index in [1.165, 1.54) is 0 Å². The fourth-order valence-electron chi connectivity index (χ4n) is 3.24. The van der Waals surface area contributed by atoms with Gasteiger partial charge < -0.3 is 9.72 Å². The fourth-order valence-corrected chi connectivity index (χ4v) is 3.24. The van der Waals surface area contributed by atoms with E-state index < -0.39 is 0 Å². The zero-order valence-corrected chi connectivity index (χ0v) is 15.6. The lowest BCUT2D eigenvalue weighted by molar-refractivity contribution is -0.115. The smallest absolute Gasteiger partial charge is 0.228 e. The van der Waals surface area contributed by atoms with Crippen LogP contribution in [-0.2, 0) is 18.3 Å². The minimum absolute atomic E-state index is 0.0466. The topological polar surface area (TPSA) is 64.2 Å². The monoisotopic (exact) mass is 359 g/mol. The van der Waals surface area contributed by atoms with Crippen molar-refractivity contribution in [3.63, 3.8) is 0 Å². The van der Waals surface area contributed by atoms with E-state index >= 15 is 0 Å². The van der Waals surface area contributed by atoms with Crippen LogP contribution in [0, 0.1) is 13.8 Å². The molecule has 3 aromatic heterocycles. The number of nitrogens with zero attached hydrogens (tertiary/aromatic N) is 4. The van der Waals surface area contributed by atoms with Crippen LogP contribution in [0.4, 0.5) is 5.69 Å². The first-order chi connectivity index (χ1) is 13.0. The predicted octanol–water partition coefficient (Wildman–Crippen LogP) is 3.53. The number of rotatable bonds is 4. The molecule has 6 nitrogen and oxygen atoms in total. The van der Waals surface area contributed by atoms with E-state index in [1.807, 2.05) is 84.8 Å². The molecule has 0 saturated heterocycles. The minimum Gasteiger partial charge on any atom is -0.326 e. The van der Waals surface area contributed by atoms with Crippen molar-refractivity contribution >= 4 is 17.2 Å². The molecule has 4 rings (SSSR count). The molecule has 0 aliphatic carbocycles. The van der Waals surface area contributed by atoms with E-state index in [0.29, 0.717) is 6.42 Å². The number of aromatic nitrogens is 4. The number of fused-ring (bicyclic) bond motifs is 1. The minimum atomic E-state index is -0.0466. The molecule has 27 heavy (non-hydrogen) atoms. The highest BCUT2D eigenvalue weighted by Crippen LogP contribution is 2.21. The van der Waals surface area contributed by atoms with Crippen LogP contribution in [0.15, 0.2) is 54.9 Å². The Bertz CT molecular complexity index is 1090. The number of nitrogens with one attached hydrogen (secondary N) is 1. The summed E-state index contributed by atoms with van der Waals surface area (Å²) in [5.41, 5.74) is 6.49. The standard InChI is InChI=1S/C21H21N5O/c1-14-18(15(2)25(3)24-14)12-21(27)22-17-9-7-16(8-10-17)19-13-26-11-5-4-6-20(26)23-19/h4-11,13H,12H2,1-3H3,(H,22,27). The second kappa shape index (κ2) is 6.72. The molecule has 0 aliphatic heterocycles. The summed E-state index contributed by atoms with van der Waals surface area (Å²) >= 11 is 0. The molecule has 0 radical (unpaired) electrons. The highest BCUT2D eigenvalue weighted by atomic mass is 16.1. The van der Waals surface area contributed by atoms with Crippen LogP contribution in [0.1, 0.15) is 17.0 Å². The first kappa shape index (κ1) is 17.0. The number of pyridine rings is 1. The van der Waals surface area contributed by atoms with E-state index in [2.05, 4.69) is 15.4 Å². The second-order valence-electron chi connectivity index (χ2n) is 6.67. The molecule has 0 bridgehead atoms. The molecule has 1 amide bonds. The number of hydrogen-bond donors (Lipinski definition) is 1. The van der Waals surface area contributed by atoms with Crippen LogP contribution in [-0.4, -0.2) is 25.1 Å². The van der Waals surface area contributed by atoms with Gasteiger partial charge >= 0.3 is 0 Å². The molecular formula is C21H21N5O. The van der Waals surface area contributed by atoms with Crippen LogP contribution in [0.5, 0.6) is 0 Å². The van der Waals surface area contributed by atoms with Crippen molar-refractivity contribution in [2.24, 2.45) is 7.05 Å². The SMILES string of the molecule is Cc1nn(C)c(C)c1CC(=O)Nc1ccc(-c2cn3ccccc3n2)cc1. The third-order valence-corrected chi connectivity index (χ3v) is 4.82. The molecule has 136 valence electrons. The van der Waals surface area contributed by atoms with Crippen LogP contribution in [0.3, 0.4) is 0 Å². The highest BCUT2D eigenvalue weighted by Gasteiger charge is 2.13. The Kier molecular flexibility index (Phi) is 4.24. The summed E-state index contributed by atoms with van der Waals surface area (Å²) < 4.78 is 3.80. The van der Waals surface area contributed by atoms with Gasteiger partial charge in [-0.25, -0.2) is 4.98 Å². The lowest BCUT2D eigenvalue weighted by atomic mass is 10.1. The third kappa shape index (κ3) is 3.33. The van der Waals surface area contributed by atoms with Gasteiger partial charge in [0.2, 0.25) is 5.91 Å². The summed E-state index contributed by atoms with van der Waals surface area (Å²) in [6, 6.07) is 13.7. The van der Waals surface area contributed by atoms with Gasteiger partial charge in [0.05, 0.1) is 17.8 Å². The fraction of sp³-hybridized carbons (Fsp3) is 0.190. The van der Waals surface area contributed by atoms with Crippen molar-refractivity contribution in [3.05, 3.63) is 71.8 Å². The number of amides is 1. The van der Waals surface area contributed by atoms with E-state index in [9.17, 15) is 4.79 Å².